The smallest absolute Gasteiger partial charge is 0.223 e. The zero-order valence-electron chi connectivity index (χ0n) is 12.6. The molecule has 0 aromatic carbocycles. The van der Waals surface area contributed by atoms with Crippen molar-refractivity contribution in [1.82, 2.24) is 19.5 Å². The maximum Gasteiger partial charge on any atom is 0.223 e. The normalized spacial score (nSPS) is 10.3. The van der Waals surface area contributed by atoms with E-state index >= 15 is 0 Å². The average Bonchev–Trinajstić information content (AvgIpc) is 3.19. The van der Waals surface area contributed by atoms with Crippen molar-refractivity contribution in [3.63, 3.8) is 0 Å². The van der Waals surface area contributed by atoms with E-state index in [-0.39, 0.29) is 19.0 Å². The van der Waals surface area contributed by atoms with E-state index < -0.39 is 0 Å². The number of nitrogens with zero attached hydrogens (tertiary/aromatic N) is 4. The molecule has 3 rings (SSSR count). The predicted octanol–water partition coefficient (Wildman–Crippen LogP) is 2.82. The van der Waals surface area contributed by atoms with Gasteiger partial charge in [0, 0.05) is 38.8 Å². The number of hydrogen-bond acceptors (Lipinski definition) is 6. The summed E-state index contributed by atoms with van der Waals surface area (Å²) in [4.78, 5) is 14.5. The first kappa shape index (κ1) is 17.4. The van der Waals surface area contributed by atoms with Crippen LogP contribution >= 0.6 is 23.7 Å². The summed E-state index contributed by atoms with van der Waals surface area (Å²) >= 11 is 1.64. The first-order valence-electron chi connectivity index (χ1n) is 7.03. The Bertz CT molecular complexity index is 744. The summed E-state index contributed by atoms with van der Waals surface area (Å²) in [6.07, 6.45) is 6.13. The van der Waals surface area contributed by atoms with Crippen molar-refractivity contribution in [2.24, 2.45) is 7.05 Å². The average molecular weight is 352 g/mol. The highest BCUT2D eigenvalue weighted by atomic mass is 35.5. The van der Waals surface area contributed by atoms with Crippen LogP contribution in [-0.2, 0) is 7.05 Å². The summed E-state index contributed by atoms with van der Waals surface area (Å²) in [6.45, 7) is 0.790. The van der Waals surface area contributed by atoms with E-state index in [1.54, 1.807) is 23.7 Å². The van der Waals surface area contributed by atoms with Crippen LogP contribution in [-0.4, -0.2) is 37.8 Å². The number of aliphatic hydroxyl groups is 1. The van der Waals surface area contributed by atoms with Gasteiger partial charge >= 0.3 is 0 Å². The minimum atomic E-state index is 0. The third kappa shape index (κ3) is 3.87. The molecule has 6 nitrogen and oxygen atoms in total. The van der Waals surface area contributed by atoms with Crippen LogP contribution in [0.1, 0.15) is 6.42 Å². The molecule has 0 fully saturated rings. The summed E-state index contributed by atoms with van der Waals surface area (Å²) in [6, 6.07) is 4.04. The number of nitrogens with one attached hydrogen (secondary N) is 1. The number of aryl methyl sites for hydroxylation is 1. The SMILES string of the molecule is Cl.Cn1ccnc1-c1cnc(NCCCO)nc1-c1cccs1. The van der Waals surface area contributed by atoms with Gasteiger partial charge in [-0.1, -0.05) is 6.07 Å². The lowest BCUT2D eigenvalue weighted by molar-refractivity contribution is 0.292. The van der Waals surface area contributed by atoms with Crippen LogP contribution in [0.15, 0.2) is 36.1 Å². The zero-order valence-corrected chi connectivity index (χ0v) is 14.3. The van der Waals surface area contributed by atoms with E-state index in [1.807, 2.05) is 35.3 Å². The van der Waals surface area contributed by atoms with Gasteiger partial charge < -0.3 is 15.0 Å². The Morgan fingerprint density at radius 2 is 2.22 bits per heavy atom. The Hall–Kier alpha value is -1.96. The maximum atomic E-state index is 8.86. The topological polar surface area (TPSA) is 75.9 Å². The molecule has 0 amide bonds. The Balaban J connectivity index is 0.00000192. The molecule has 0 spiro atoms. The summed E-state index contributed by atoms with van der Waals surface area (Å²) in [5, 5.41) is 14.0. The Kier molecular flexibility index (Phi) is 6.09. The van der Waals surface area contributed by atoms with E-state index in [0.29, 0.717) is 18.9 Å². The molecule has 23 heavy (non-hydrogen) atoms. The van der Waals surface area contributed by atoms with Gasteiger partial charge in [0.15, 0.2) is 0 Å². The summed E-state index contributed by atoms with van der Waals surface area (Å²) < 4.78 is 1.95. The van der Waals surface area contributed by atoms with Crippen LogP contribution < -0.4 is 5.32 Å². The fraction of sp³-hybridized carbons (Fsp3) is 0.267. The molecule has 0 aliphatic rings. The molecular weight excluding hydrogens is 334 g/mol. The van der Waals surface area contributed by atoms with Gasteiger partial charge in [-0.15, -0.1) is 23.7 Å². The van der Waals surface area contributed by atoms with Crippen LogP contribution in [0.5, 0.6) is 0 Å². The molecule has 0 atom stereocenters. The molecule has 8 heteroatoms. The van der Waals surface area contributed by atoms with Gasteiger partial charge in [-0.25, -0.2) is 15.0 Å². The summed E-state index contributed by atoms with van der Waals surface area (Å²) in [5.41, 5.74) is 1.77. The fourth-order valence-electron chi connectivity index (χ4n) is 2.14. The largest absolute Gasteiger partial charge is 0.396 e. The van der Waals surface area contributed by atoms with E-state index in [2.05, 4.69) is 20.3 Å². The van der Waals surface area contributed by atoms with Crippen LogP contribution in [0.25, 0.3) is 22.0 Å². The van der Waals surface area contributed by atoms with Gasteiger partial charge in [-0.2, -0.15) is 0 Å². The number of anilines is 1. The Morgan fingerprint density at radius 3 is 2.87 bits per heavy atom. The maximum absolute atomic E-state index is 8.86. The number of aliphatic hydroxyl groups excluding tert-OH is 1. The summed E-state index contributed by atoms with van der Waals surface area (Å²) in [7, 11) is 1.95. The number of hydrogen-bond donors (Lipinski definition) is 2. The van der Waals surface area contributed by atoms with Gasteiger partial charge in [0.05, 0.1) is 16.1 Å². The lowest BCUT2D eigenvalue weighted by atomic mass is 10.2. The van der Waals surface area contributed by atoms with Gasteiger partial charge in [0.2, 0.25) is 5.95 Å². The molecule has 0 saturated carbocycles. The molecule has 2 N–H and O–H groups in total. The predicted molar refractivity (Wildman–Crippen MR) is 95.0 cm³/mol. The fourth-order valence-corrected chi connectivity index (χ4v) is 2.86. The third-order valence-corrected chi connectivity index (χ3v) is 4.10. The van der Waals surface area contributed by atoms with Crippen molar-refractivity contribution in [3.8, 4) is 22.0 Å². The number of thiophene rings is 1. The second-order valence-electron chi connectivity index (χ2n) is 4.80. The quantitative estimate of drug-likeness (QED) is 0.668. The minimum Gasteiger partial charge on any atom is -0.396 e. The van der Waals surface area contributed by atoms with Crippen molar-refractivity contribution in [2.75, 3.05) is 18.5 Å². The van der Waals surface area contributed by atoms with Crippen molar-refractivity contribution in [3.05, 3.63) is 36.1 Å². The zero-order chi connectivity index (χ0) is 15.4. The van der Waals surface area contributed by atoms with Crippen LogP contribution in [0.4, 0.5) is 5.95 Å². The molecular formula is C15H18ClN5OS. The number of halogens is 1. The monoisotopic (exact) mass is 351 g/mol. The molecule has 3 aromatic rings. The van der Waals surface area contributed by atoms with E-state index in [4.69, 9.17) is 5.11 Å². The van der Waals surface area contributed by atoms with E-state index in [0.717, 1.165) is 22.0 Å². The second kappa shape index (κ2) is 8.05. The van der Waals surface area contributed by atoms with E-state index in [9.17, 15) is 0 Å². The first-order chi connectivity index (χ1) is 10.8. The number of rotatable bonds is 6. The summed E-state index contributed by atoms with van der Waals surface area (Å²) in [5.74, 6) is 1.40. The molecule has 3 aromatic heterocycles. The molecule has 0 unspecified atom stereocenters. The van der Waals surface area contributed by atoms with Crippen LogP contribution in [0, 0.1) is 0 Å². The molecule has 0 radical (unpaired) electrons. The molecule has 0 aliphatic heterocycles. The van der Waals surface area contributed by atoms with Crippen molar-refractivity contribution in [1.29, 1.82) is 0 Å². The molecule has 3 heterocycles. The number of imidazole rings is 1. The lowest BCUT2D eigenvalue weighted by Gasteiger charge is -2.10. The van der Waals surface area contributed by atoms with Crippen molar-refractivity contribution >= 4 is 29.7 Å². The highest BCUT2D eigenvalue weighted by Gasteiger charge is 2.15. The van der Waals surface area contributed by atoms with Gasteiger partial charge in [-0.05, 0) is 17.9 Å². The lowest BCUT2D eigenvalue weighted by Crippen LogP contribution is -2.08. The van der Waals surface area contributed by atoms with Crippen LogP contribution in [0.2, 0.25) is 0 Å². The Labute approximate surface area is 144 Å². The van der Waals surface area contributed by atoms with Crippen molar-refractivity contribution < 1.29 is 5.11 Å². The number of aromatic nitrogens is 4. The standard InChI is InChI=1S/C15H17N5OS.ClH/c1-20-7-6-16-14(20)11-10-18-15(17-5-3-8-21)19-13(11)12-4-2-9-22-12;/h2,4,6-7,9-10,21H,3,5,8H2,1H3,(H,17,18,19);1H. The molecule has 0 aliphatic carbocycles. The van der Waals surface area contributed by atoms with Crippen molar-refractivity contribution in [2.45, 2.75) is 6.42 Å². The van der Waals surface area contributed by atoms with Crippen LogP contribution in [0.3, 0.4) is 0 Å². The van der Waals surface area contributed by atoms with Gasteiger partial charge in [-0.3, -0.25) is 0 Å². The Morgan fingerprint density at radius 1 is 1.35 bits per heavy atom. The van der Waals surface area contributed by atoms with Gasteiger partial charge in [0.1, 0.15) is 5.82 Å². The highest BCUT2D eigenvalue weighted by Crippen LogP contribution is 2.32. The molecule has 0 bridgehead atoms. The van der Waals surface area contributed by atoms with Gasteiger partial charge in [0.25, 0.3) is 0 Å². The second-order valence-corrected chi connectivity index (χ2v) is 5.75. The first-order valence-corrected chi connectivity index (χ1v) is 7.91. The van der Waals surface area contributed by atoms with E-state index in [1.165, 1.54) is 0 Å². The molecule has 122 valence electrons. The minimum absolute atomic E-state index is 0. The third-order valence-electron chi connectivity index (χ3n) is 3.22. The molecule has 0 saturated heterocycles. The highest BCUT2D eigenvalue weighted by molar-refractivity contribution is 7.13.